The number of piperidine rings is 1. The minimum Gasteiger partial charge on any atom is -0.329 e. The van der Waals surface area contributed by atoms with Crippen LogP contribution in [0.5, 0.6) is 0 Å². The summed E-state index contributed by atoms with van der Waals surface area (Å²) in [7, 11) is 0. The van der Waals surface area contributed by atoms with Crippen LogP contribution in [-0.2, 0) is 0 Å². The standard InChI is InChI=1S/C14H28N2/c1-10-5-12(3)13(4)16(8-10)14(9-15)6-11(2)7-14/h10-13H,5-9,15H2,1-4H3. The lowest BCUT2D eigenvalue weighted by molar-refractivity contribution is -0.0785. The maximum Gasteiger partial charge on any atom is 0.0339 e. The summed E-state index contributed by atoms with van der Waals surface area (Å²) in [5.74, 6) is 2.54. The Morgan fingerprint density at radius 3 is 2.25 bits per heavy atom. The Kier molecular flexibility index (Phi) is 3.33. The predicted octanol–water partition coefficient (Wildman–Crippen LogP) is 2.48. The fourth-order valence-electron chi connectivity index (χ4n) is 4.10. The molecular weight excluding hydrogens is 196 g/mol. The van der Waals surface area contributed by atoms with Gasteiger partial charge in [0, 0.05) is 24.7 Å². The molecule has 2 fully saturated rings. The SMILES string of the molecule is CC1CC(C)C(C)N(C2(CN)CC(C)C2)C1. The monoisotopic (exact) mass is 224 g/mol. The largest absolute Gasteiger partial charge is 0.329 e. The Bertz CT molecular complexity index is 245. The summed E-state index contributed by atoms with van der Waals surface area (Å²) in [5, 5.41) is 0. The van der Waals surface area contributed by atoms with E-state index in [0.717, 1.165) is 24.3 Å². The van der Waals surface area contributed by atoms with E-state index in [1.54, 1.807) is 0 Å². The van der Waals surface area contributed by atoms with Gasteiger partial charge in [0.05, 0.1) is 0 Å². The summed E-state index contributed by atoms with van der Waals surface area (Å²) in [6, 6.07) is 0.715. The molecule has 2 N–H and O–H groups in total. The molecule has 1 saturated heterocycles. The second kappa shape index (κ2) is 4.30. The van der Waals surface area contributed by atoms with Gasteiger partial charge in [-0.2, -0.15) is 0 Å². The van der Waals surface area contributed by atoms with E-state index in [0.29, 0.717) is 11.6 Å². The van der Waals surface area contributed by atoms with Crippen LogP contribution in [0.2, 0.25) is 0 Å². The first kappa shape index (κ1) is 12.4. The van der Waals surface area contributed by atoms with Gasteiger partial charge in [-0.05, 0) is 43.9 Å². The van der Waals surface area contributed by atoms with E-state index in [-0.39, 0.29) is 0 Å². The summed E-state index contributed by atoms with van der Waals surface area (Å²) in [5.41, 5.74) is 6.42. The summed E-state index contributed by atoms with van der Waals surface area (Å²) in [4.78, 5) is 2.74. The van der Waals surface area contributed by atoms with E-state index in [1.807, 2.05) is 0 Å². The van der Waals surface area contributed by atoms with Crippen molar-refractivity contribution in [3.05, 3.63) is 0 Å². The molecule has 2 rings (SSSR count). The van der Waals surface area contributed by atoms with Crippen LogP contribution in [0.4, 0.5) is 0 Å². The van der Waals surface area contributed by atoms with Crippen LogP contribution in [-0.4, -0.2) is 29.6 Å². The molecule has 1 saturated carbocycles. The highest BCUT2D eigenvalue weighted by molar-refractivity contribution is 5.05. The van der Waals surface area contributed by atoms with Crippen LogP contribution in [0.3, 0.4) is 0 Å². The normalized spacial score (nSPS) is 50.1. The molecule has 0 aromatic heterocycles. The average molecular weight is 224 g/mol. The first-order valence-electron chi connectivity index (χ1n) is 6.95. The molecule has 0 amide bonds. The second-order valence-corrected chi connectivity index (χ2v) is 6.65. The van der Waals surface area contributed by atoms with Gasteiger partial charge in [0.15, 0.2) is 0 Å². The van der Waals surface area contributed by atoms with Crippen molar-refractivity contribution in [2.24, 2.45) is 23.5 Å². The van der Waals surface area contributed by atoms with Crippen molar-refractivity contribution in [1.82, 2.24) is 4.90 Å². The van der Waals surface area contributed by atoms with Gasteiger partial charge in [0.25, 0.3) is 0 Å². The zero-order chi connectivity index (χ0) is 11.9. The van der Waals surface area contributed by atoms with Crippen LogP contribution >= 0.6 is 0 Å². The summed E-state index contributed by atoms with van der Waals surface area (Å²) in [6.07, 6.45) is 4.01. The third-order valence-electron chi connectivity index (χ3n) is 5.04. The van der Waals surface area contributed by atoms with Crippen LogP contribution in [0.1, 0.15) is 47.0 Å². The number of rotatable bonds is 2. The molecule has 94 valence electrons. The fraction of sp³-hybridized carbons (Fsp3) is 1.00. The summed E-state index contributed by atoms with van der Waals surface area (Å²) >= 11 is 0. The minimum atomic E-state index is 0.349. The van der Waals surface area contributed by atoms with Crippen molar-refractivity contribution in [2.45, 2.75) is 58.5 Å². The van der Waals surface area contributed by atoms with Gasteiger partial charge in [-0.25, -0.2) is 0 Å². The Hall–Kier alpha value is -0.0800. The predicted molar refractivity (Wildman–Crippen MR) is 69.3 cm³/mol. The van der Waals surface area contributed by atoms with Gasteiger partial charge in [0.1, 0.15) is 0 Å². The number of nitrogens with zero attached hydrogens (tertiary/aromatic N) is 1. The average Bonchev–Trinajstić information content (AvgIpc) is 2.18. The van der Waals surface area contributed by atoms with Crippen molar-refractivity contribution in [2.75, 3.05) is 13.1 Å². The molecule has 1 heterocycles. The first-order valence-corrected chi connectivity index (χ1v) is 6.95. The second-order valence-electron chi connectivity index (χ2n) is 6.65. The van der Waals surface area contributed by atoms with Gasteiger partial charge < -0.3 is 5.73 Å². The lowest BCUT2D eigenvalue weighted by atomic mass is 9.66. The van der Waals surface area contributed by atoms with Crippen molar-refractivity contribution in [1.29, 1.82) is 0 Å². The number of nitrogens with two attached hydrogens (primary N) is 1. The molecule has 3 unspecified atom stereocenters. The molecule has 0 spiro atoms. The van der Waals surface area contributed by atoms with E-state index in [1.165, 1.54) is 25.8 Å². The lowest BCUT2D eigenvalue weighted by Crippen LogP contribution is -2.66. The molecule has 2 nitrogen and oxygen atoms in total. The Morgan fingerprint density at radius 1 is 1.12 bits per heavy atom. The molecule has 0 aromatic carbocycles. The van der Waals surface area contributed by atoms with Gasteiger partial charge in [-0.15, -0.1) is 0 Å². The van der Waals surface area contributed by atoms with Crippen LogP contribution in [0, 0.1) is 17.8 Å². The topological polar surface area (TPSA) is 29.3 Å². The van der Waals surface area contributed by atoms with Crippen molar-refractivity contribution in [3.8, 4) is 0 Å². The molecule has 3 atom stereocenters. The molecular formula is C14H28N2. The number of hydrogen-bond acceptors (Lipinski definition) is 2. The molecule has 16 heavy (non-hydrogen) atoms. The van der Waals surface area contributed by atoms with E-state index < -0.39 is 0 Å². The zero-order valence-electron chi connectivity index (χ0n) is 11.4. The molecule has 2 heteroatoms. The highest BCUT2D eigenvalue weighted by Crippen LogP contribution is 2.45. The Balaban J connectivity index is 2.12. The van der Waals surface area contributed by atoms with Crippen LogP contribution in [0.25, 0.3) is 0 Å². The number of likely N-dealkylation sites (tertiary alicyclic amines) is 1. The van der Waals surface area contributed by atoms with E-state index in [4.69, 9.17) is 5.73 Å². The van der Waals surface area contributed by atoms with Crippen molar-refractivity contribution >= 4 is 0 Å². The molecule has 1 aliphatic heterocycles. The molecule has 1 aliphatic carbocycles. The third-order valence-corrected chi connectivity index (χ3v) is 5.04. The molecule has 2 aliphatic rings. The zero-order valence-corrected chi connectivity index (χ0v) is 11.4. The molecule has 0 radical (unpaired) electrons. The van der Waals surface area contributed by atoms with E-state index >= 15 is 0 Å². The first-order chi connectivity index (χ1) is 7.48. The van der Waals surface area contributed by atoms with Gasteiger partial charge in [-0.3, -0.25) is 4.90 Å². The smallest absolute Gasteiger partial charge is 0.0339 e. The van der Waals surface area contributed by atoms with Crippen LogP contribution in [0.15, 0.2) is 0 Å². The van der Waals surface area contributed by atoms with Gasteiger partial charge >= 0.3 is 0 Å². The maximum atomic E-state index is 6.07. The fourth-order valence-corrected chi connectivity index (χ4v) is 4.10. The molecule has 0 aromatic rings. The minimum absolute atomic E-state index is 0.349. The maximum absolute atomic E-state index is 6.07. The Labute approximate surface area is 101 Å². The lowest BCUT2D eigenvalue weighted by Gasteiger charge is -2.59. The van der Waals surface area contributed by atoms with Crippen molar-refractivity contribution < 1.29 is 0 Å². The van der Waals surface area contributed by atoms with Gasteiger partial charge in [0.2, 0.25) is 0 Å². The Morgan fingerprint density at radius 2 is 1.75 bits per heavy atom. The summed E-state index contributed by atoms with van der Waals surface area (Å²) in [6.45, 7) is 11.7. The van der Waals surface area contributed by atoms with E-state index in [2.05, 4.69) is 32.6 Å². The van der Waals surface area contributed by atoms with Crippen molar-refractivity contribution in [3.63, 3.8) is 0 Å². The highest BCUT2D eigenvalue weighted by Gasteiger charge is 2.49. The third kappa shape index (κ3) is 1.91. The van der Waals surface area contributed by atoms with Gasteiger partial charge in [-0.1, -0.05) is 20.8 Å². The summed E-state index contributed by atoms with van der Waals surface area (Å²) < 4.78 is 0. The van der Waals surface area contributed by atoms with Crippen LogP contribution < -0.4 is 5.73 Å². The quantitative estimate of drug-likeness (QED) is 0.781. The number of hydrogen-bond donors (Lipinski definition) is 1. The van der Waals surface area contributed by atoms with E-state index in [9.17, 15) is 0 Å². The highest BCUT2D eigenvalue weighted by atomic mass is 15.3. The molecule has 0 bridgehead atoms.